The number of aromatic nitrogens is 4. The summed E-state index contributed by atoms with van der Waals surface area (Å²) in [4.78, 5) is 13.1. The van der Waals surface area contributed by atoms with Gasteiger partial charge in [-0.2, -0.15) is 17.7 Å². The number of methoxy groups -OCH3 is 1. The van der Waals surface area contributed by atoms with Crippen LogP contribution in [0.15, 0.2) is 36.4 Å². The Hall–Kier alpha value is -3.37. The molecule has 4 rings (SSSR count). The van der Waals surface area contributed by atoms with Crippen molar-refractivity contribution < 1.29 is 27.4 Å². The lowest BCUT2D eigenvalue weighted by Crippen LogP contribution is -2.34. The molecule has 2 aromatic heterocycles. The average Bonchev–Trinajstić information content (AvgIpc) is 3.22. The minimum absolute atomic E-state index is 0.0560. The third-order valence-electron chi connectivity index (χ3n) is 5.26. The second-order valence-corrected chi connectivity index (χ2v) is 7.18. The summed E-state index contributed by atoms with van der Waals surface area (Å²) < 4.78 is 49.9. The zero-order valence-electron chi connectivity index (χ0n) is 16.7. The van der Waals surface area contributed by atoms with Gasteiger partial charge in [-0.3, -0.25) is 0 Å². The molecule has 1 aromatic carbocycles. The second-order valence-electron chi connectivity index (χ2n) is 7.18. The summed E-state index contributed by atoms with van der Waals surface area (Å²) in [5.41, 5.74) is 1.20. The number of fused-ring (bicyclic) bond motifs is 1. The van der Waals surface area contributed by atoms with Crippen molar-refractivity contribution in [1.82, 2.24) is 19.8 Å². The number of ether oxygens (including phenoxy) is 2. The molecule has 0 aliphatic carbocycles. The molecule has 0 saturated carbocycles. The molecule has 8 nitrogen and oxygen atoms in total. The summed E-state index contributed by atoms with van der Waals surface area (Å²) in [5, 5.41) is 10.9. The summed E-state index contributed by atoms with van der Waals surface area (Å²) in [7, 11) is 1.30. The van der Waals surface area contributed by atoms with Gasteiger partial charge in [-0.05, 0) is 48.6 Å². The Morgan fingerprint density at radius 2 is 1.81 bits per heavy atom. The molecular formula is C20H20F3N5O3. The molecule has 1 aliphatic rings. The number of alkyl halides is 3. The van der Waals surface area contributed by atoms with E-state index in [1.807, 2.05) is 29.2 Å². The number of esters is 1. The lowest BCUT2D eigenvalue weighted by atomic mass is 9.89. The van der Waals surface area contributed by atoms with Gasteiger partial charge in [0.05, 0.1) is 7.11 Å². The van der Waals surface area contributed by atoms with E-state index in [9.17, 15) is 18.0 Å². The molecule has 0 unspecified atom stereocenters. The number of piperidine rings is 1. The van der Waals surface area contributed by atoms with Crippen LogP contribution in [0.4, 0.5) is 19.0 Å². The predicted molar refractivity (Wildman–Crippen MR) is 104 cm³/mol. The number of carbonyl (C=O) groups excluding carboxylic acids is 1. The minimum Gasteiger partial charge on any atom is -0.482 e. The Morgan fingerprint density at radius 1 is 1.10 bits per heavy atom. The van der Waals surface area contributed by atoms with Crippen LogP contribution in [0.5, 0.6) is 5.75 Å². The van der Waals surface area contributed by atoms with Crippen molar-refractivity contribution in [3.8, 4) is 5.75 Å². The largest absolute Gasteiger partial charge is 0.482 e. The molecule has 0 atom stereocenters. The average molecular weight is 435 g/mol. The molecule has 164 valence electrons. The van der Waals surface area contributed by atoms with E-state index in [2.05, 4.69) is 20.0 Å². The van der Waals surface area contributed by atoms with Crippen molar-refractivity contribution in [3.05, 3.63) is 47.8 Å². The molecule has 31 heavy (non-hydrogen) atoms. The van der Waals surface area contributed by atoms with E-state index in [0.29, 0.717) is 30.6 Å². The van der Waals surface area contributed by atoms with Crippen LogP contribution < -0.4 is 9.64 Å². The molecule has 1 fully saturated rings. The Morgan fingerprint density at radius 3 is 2.45 bits per heavy atom. The van der Waals surface area contributed by atoms with E-state index in [1.54, 1.807) is 6.07 Å². The summed E-state index contributed by atoms with van der Waals surface area (Å²) in [5.74, 6) is -0.220. The van der Waals surface area contributed by atoms with Gasteiger partial charge >= 0.3 is 12.1 Å². The van der Waals surface area contributed by atoms with Crippen molar-refractivity contribution >= 4 is 17.4 Å². The summed E-state index contributed by atoms with van der Waals surface area (Å²) in [6.45, 7) is 1.18. The Balaban J connectivity index is 1.40. The molecule has 11 heteroatoms. The third-order valence-corrected chi connectivity index (χ3v) is 5.26. The number of nitrogens with zero attached hydrogens (tertiary/aromatic N) is 5. The smallest absolute Gasteiger partial charge is 0.453 e. The fourth-order valence-electron chi connectivity index (χ4n) is 3.60. The Kier molecular flexibility index (Phi) is 5.66. The fourth-order valence-corrected chi connectivity index (χ4v) is 3.60. The van der Waals surface area contributed by atoms with Gasteiger partial charge in [0.15, 0.2) is 12.3 Å². The van der Waals surface area contributed by atoms with Gasteiger partial charge in [-0.25, -0.2) is 4.79 Å². The van der Waals surface area contributed by atoms with Gasteiger partial charge in [-0.1, -0.05) is 12.1 Å². The predicted octanol–water partition coefficient (Wildman–Crippen LogP) is 3.08. The number of halogens is 3. The first-order valence-corrected chi connectivity index (χ1v) is 9.69. The minimum atomic E-state index is -4.62. The lowest BCUT2D eigenvalue weighted by Gasteiger charge is -2.33. The van der Waals surface area contributed by atoms with Crippen LogP contribution in [-0.2, 0) is 15.7 Å². The van der Waals surface area contributed by atoms with Gasteiger partial charge in [-0.15, -0.1) is 15.3 Å². The first-order valence-electron chi connectivity index (χ1n) is 9.69. The molecule has 0 amide bonds. The highest BCUT2D eigenvalue weighted by Crippen LogP contribution is 2.32. The number of benzene rings is 1. The van der Waals surface area contributed by atoms with Crippen molar-refractivity contribution in [2.75, 3.05) is 31.7 Å². The number of hydrogen-bond acceptors (Lipinski definition) is 7. The normalized spacial score (nSPS) is 15.3. The van der Waals surface area contributed by atoms with Gasteiger partial charge in [0.25, 0.3) is 5.82 Å². The lowest BCUT2D eigenvalue weighted by molar-refractivity contribution is -0.146. The van der Waals surface area contributed by atoms with Crippen LogP contribution >= 0.6 is 0 Å². The van der Waals surface area contributed by atoms with Gasteiger partial charge < -0.3 is 14.4 Å². The monoisotopic (exact) mass is 435 g/mol. The van der Waals surface area contributed by atoms with Crippen LogP contribution in [0.1, 0.15) is 30.1 Å². The highest BCUT2D eigenvalue weighted by atomic mass is 19.4. The number of rotatable bonds is 5. The van der Waals surface area contributed by atoms with Crippen molar-refractivity contribution in [3.63, 3.8) is 0 Å². The Bertz CT molecular complexity index is 1060. The summed E-state index contributed by atoms with van der Waals surface area (Å²) >= 11 is 0. The molecule has 0 radical (unpaired) electrons. The van der Waals surface area contributed by atoms with Crippen molar-refractivity contribution in [2.24, 2.45) is 0 Å². The summed E-state index contributed by atoms with van der Waals surface area (Å²) in [6.07, 6.45) is -2.96. The van der Waals surface area contributed by atoms with Crippen molar-refractivity contribution in [2.45, 2.75) is 24.9 Å². The topological polar surface area (TPSA) is 81.9 Å². The van der Waals surface area contributed by atoms with Crippen LogP contribution in [0.25, 0.3) is 5.65 Å². The van der Waals surface area contributed by atoms with Crippen LogP contribution in [0.3, 0.4) is 0 Å². The second kappa shape index (κ2) is 8.40. The number of carbonyl (C=O) groups is 1. The zero-order chi connectivity index (χ0) is 22.0. The standard InChI is InChI=1S/C20H20F3N5O3/c1-30-18(29)12-31-15-4-2-13(3-5-15)14-8-10-27(11-9-14)17-7-6-16-24-25-19(20(21,22)23)28(16)26-17/h2-7,14H,8-12H2,1H3. The van der Waals surface area contributed by atoms with E-state index >= 15 is 0 Å². The maximum Gasteiger partial charge on any atom is 0.453 e. The van der Waals surface area contributed by atoms with Gasteiger partial charge in [0.1, 0.15) is 11.6 Å². The van der Waals surface area contributed by atoms with E-state index < -0.39 is 18.0 Å². The first kappa shape index (κ1) is 20.9. The highest BCUT2D eigenvalue weighted by Gasteiger charge is 2.38. The first-order chi connectivity index (χ1) is 14.8. The number of hydrogen-bond donors (Lipinski definition) is 0. The molecule has 0 spiro atoms. The molecule has 3 heterocycles. The van der Waals surface area contributed by atoms with E-state index in [4.69, 9.17) is 4.74 Å². The van der Waals surface area contributed by atoms with Crippen LogP contribution in [-0.4, -0.2) is 52.6 Å². The van der Waals surface area contributed by atoms with Gasteiger partial charge in [0, 0.05) is 13.1 Å². The Labute approximate surface area is 175 Å². The molecule has 1 saturated heterocycles. The maximum atomic E-state index is 13.1. The molecular weight excluding hydrogens is 415 g/mol. The van der Waals surface area contributed by atoms with E-state index in [0.717, 1.165) is 22.9 Å². The zero-order valence-corrected chi connectivity index (χ0v) is 16.7. The molecule has 1 aliphatic heterocycles. The highest BCUT2D eigenvalue weighted by molar-refractivity contribution is 5.70. The number of anilines is 1. The maximum absolute atomic E-state index is 13.1. The molecule has 0 bridgehead atoms. The fraction of sp³-hybridized carbons (Fsp3) is 0.400. The summed E-state index contributed by atoms with van der Waals surface area (Å²) in [6, 6.07) is 10.7. The van der Waals surface area contributed by atoms with Crippen LogP contribution in [0.2, 0.25) is 0 Å². The van der Waals surface area contributed by atoms with Crippen molar-refractivity contribution in [1.29, 1.82) is 0 Å². The van der Waals surface area contributed by atoms with Crippen LogP contribution in [0, 0.1) is 0 Å². The van der Waals surface area contributed by atoms with Gasteiger partial charge in [0.2, 0.25) is 0 Å². The third kappa shape index (κ3) is 4.54. The molecule has 0 N–H and O–H groups in total. The quantitative estimate of drug-likeness (QED) is 0.570. The molecule has 3 aromatic rings. The van der Waals surface area contributed by atoms with E-state index in [-0.39, 0.29) is 12.3 Å². The SMILES string of the molecule is COC(=O)COc1ccc(C2CCN(c3ccc4nnc(C(F)(F)F)n4n3)CC2)cc1. The van der Waals surface area contributed by atoms with E-state index in [1.165, 1.54) is 13.2 Å².